The second-order valence-electron chi connectivity index (χ2n) is 1.94. The molecule has 5 heteroatoms. The molecule has 0 radical (unpaired) electrons. The van der Waals surface area contributed by atoms with Gasteiger partial charge in [-0.15, -0.1) is 0 Å². The van der Waals surface area contributed by atoms with Crippen molar-refractivity contribution in [2.45, 2.75) is 0 Å². The summed E-state index contributed by atoms with van der Waals surface area (Å²) < 4.78 is 24.5. The molecule has 1 aromatic carbocycles. The van der Waals surface area contributed by atoms with Crippen molar-refractivity contribution in [3.05, 3.63) is 29.8 Å². The van der Waals surface area contributed by atoms with E-state index in [1.807, 2.05) is 0 Å². The largest absolute Gasteiger partial charge is 0.740 e. The number of rotatable bonds is 3. The van der Waals surface area contributed by atoms with Gasteiger partial charge in [-0.1, -0.05) is 12.1 Å². The van der Waals surface area contributed by atoms with Crippen molar-refractivity contribution in [3.63, 3.8) is 0 Å². The van der Waals surface area contributed by atoms with Crippen molar-refractivity contribution in [2.24, 2.45) is 0 Å². The van der Waals surface area contributed by atoms with Crippen molar-refractivity contribution < 1.29 is 17.7 Å². The van der Waals surface area contributed by atoms with E-state index in [0.717, 1.165) is 0 Å². The van der Waals surface area contributed by atoms with E-state index in [1.54, 1.807) is 12.1 Å². The highest BCUT2D eigenvalue weighted by Crippen LogP contribution is 2.15. The second kappa shape index (κ2) is 3.99. The van der Waals surface area contributed by atoms with Crippen LogP contribution in [0.25, 0.3) is 0 Å². The summed E-state index contributed by atoms with van der Waals surface area (Å²) in [5.74, 6) is 0.0424. The first-order valence-corrected chi connectivity index (χ1v) is 4.06. The Balaban J connectivity index is 2.96. The van der Waals surface area contributed by atoms with Gasteiger partial charge in [0.05, 0.1) is 5.56 Å². The van der Waals surface area contributed by atoms with Crippen LogP contribution < -0.4 is 4.18 Å². The summed E-state index contributed by atoms with van der Waals surface area (Å²) in [4.78, 5) is 10.3. The molecule has 1 atom stereocenters. The monoisotopic (exact) mass is 185 g/mol. The van der Waals surface area contributed by atoms with Crippen molar-refractivity contribution in [3.8, 4) is 5.75 Å². The minimum Gasteiger partial charge on any atom is -0.740 e. The normalized spacial score (nSPS) is 12.1. The van der Waals surface area contributed by atoms with Gasteiger partial charge in [-0.05, 0) is 12.1 Å². The zero-order valence-corrected chi connectivity index (χ0v) is 6.74. The first-order chi connectivity index (χ1) is 5.74. The molecule has 4 nitrogen and oxygen atoms in total. The summed E-state index contributed by atoms with van der Waals surface area (Å²) in [5, 5.41) is 0. The van der Waals surface area contributed by atoms with Gasteiger partial charge >= 0.3 is 0 Å². The maximum absolute atomic E-state index is 10.3. The zero-order valence-electron chi connectivity index (χ0n) is 5.93. The number of hydrogen-bond acceptors (Lipinski definition) is 4. The van der Waals surface area contributed by atoms with E-state index >= 15 is 0 Å². The summed E-state index contributed by atoms with van der Waals surface area (Å²) in [7, 11) is 0. The molecular formula is C7H5O4S-. The van der Waals surface area contributed by atoms with Gasteiger partial charge in [-0.25, -0.2) is 4.21 Å². The number of benzene rings is 1. The lowest BCUT2D eigenvalue weighted by atomic mass is 10.2. The highest BCUT2D eigenvalue weighted by Gasteiger charge is 2.00. The molecule has 0 heterocycles. The third kappa shape index (κ3) is 2.14. The van der Waals surface area contributed by atoms with Crippen molar-refractivity contribution >= 4 is 17.6 Å². The molecule has 0 saturated carbocycles. The van der Waals surface area contributed by atoms with E-state index in [9.17, 15) is 13.6 Å². The number of carbonyl (C=O) groups is 1. The second-order valence-corrected chi connectivity index (χ2v) is 2.52. The molecule has 1 aromatic rings. The van der Waals surface area contributed by atoms with Crippen LogP contribution in [0, 0.1) is 0 Å². The molecule has 0 saturated heterocycles. The van der Waals surface area contributed by atoms with E-state index in [2.05, 4.69) is 4.18 Å². The van der Waals surface area contributed by atoms with Crippen LogP contribution in [-0.4, -0.2) is 15.0 Å². The lowest BCUT2D eigenvalue weighted by Crippen LogP contribution is -2.00. The predicted octanol–water partition coefficient (Wildman–Crippen LogP) is 0.672. The van der Waals surface area contributed by atoms with Gasteiger partial charge in [0.2, 0.25) is 0 Å². The van der Waals surface area contributed by atoms with E-state index in [-0.39, 0.29) is 11.3 Å². The third-order valence-electron chi connectivity index (χ3n) is 1.20. The molecular weight excluding hydrogens is 180 g/mol. The average molecular weight is 185 g/mol. The fraction of sp³-hybridized carbons (Fsp3) is 0. The topological polar surface area (TPSA) is 66.4 Å². The van der Waals surface area contributed by atoms with E-state index in [0.29, 0.717) is 6.29 Å². The molecule has 0 aliphatic carbocycles. The maximum Gasteiger partial charge on any atom is 0.153 e. The van der Waals surface area contributed by atoms with Crippen LogP contribution >= 0.6 is 0 Å². The van der Waals surface area contributed by atoms with Crippen LogP contribution in [0.5, 0.6) is 5.75 Å². The van der Waals surface area contributed by atoms with Crippen molar-refractivity contribution in [1.82, 2.24) is 0 Å². The van der Waals surface area contributed by atoms with E-state index < -0.39 is 11.4 Å². The summed E-state index contributed by atoms with van der Waals surface area (Å²) >= 11 is -2.64. The van der Waals surface area contributed by atoms with Gasteiger partial charge in [0.1, 0.15) is 17.1 Å². The third-order valence-corrected chi connectivity index (χ3v) is 1.52. The summed E-state index contributed by atoms with van der Waals surface area (Å²) in [6.45, 7) is 0. The Morgan fingerprint density at radius 1 is 1.42 bits per heavy atom. The first-order valence-electron chi connectivity index (χ1n) is 3.06. The Morgan fingerprint density at radius 3 is 2.67 bits per heavy atom. The molecule has 0 bridgehead atoms. The zero-order chi connectivity index (χ0) is 8.97. The van der Waals surface area contributed by atoms with E-state index in [4.69, 9.17) is 0 Å². The Bertz CT molecular complexity index is 310. The Morgan fingerprint density at radius 2 is 2.08 bits per heavy atom. The fourth-order valence-corrected chi connectivity index (χ4v) is 1.03. The van der Waals surface area contributed by atoms with Crippen LogP contribution in [-0.2, 0) is 11.4 Å². The van der Waals surface area contributed by atoms with E-state index in [1.165, 1.54) is 12.1 Å². The highest BCUT2D eigenvalue weighted by molar-refractivity contribution is 7.74. The smallest absolute Gasteiger partial charge is 0.153 e. The lowest BCUT2D eigenvalue weighted by Gasteiger charge is -2.07. The van der Waals surface area contributed by atoms with Crippen LogP contribution in [0.15, 0.2) is 24.3 Å². The number of para-hydroxylation sites is 1. The maximum atomic E-state index is 10.3. The van der Waals surface area contributed by atoms with Gasteiger partial charge in [-0.2, -0.15) is 0 Å². The lowest BCUT2D eigenvalue weighted by molar-refractivity contribution is 0.112. The Kier molecular flexibility index (Phi) is 2.95. The highest BCUT2D eigenvalue weighted by atomic mass is 32.2. The van der Waals surface area contributed by atoms with Gasteiger partial charge in [-0.3, -0.25) is 4.79 Å². The molecule has 0 aromatic heterocycles. The minimum atomic E-state index is -2.64. The molecule has 1 unspecified atom stereocenters. The summed E-state index contributed by atoms with van der Waals surface area (Å²) in [6, 6.07) is 6.06. The molecule has 0 fully saturated rings. The van der Waals surface area contributed by atoms with Crippen LogP contribution in [0.2, 0.25) is 0 Å². The standard InChI is InChI=1S/C7H6O4S/c8-5-6-3-1-2-4-7(6)11-12(9)10/h1-5H,(H,9,10)/p-1. The number of aldehydes is 1. The Labute approximate surface area is 71.7 Å². The van der Waals surface area contributed by atoms with Crippen molar-refractivity contribution in [2.75, 3.05) is 0 Å². The quantitative estimate of drug-likeness (QED) is 0.512. The molecule has 12 heavy (non-hydrogen) atoms. The molecule has 0 N–H and O–H groups in total. The summed E-state index contributed by atoms with van der Waals surface area (Å²) in [6.07, 6.45) is 0.530. The first kappa shape index (κ1) is 8.89. The molecule has 0 amide bonds. The number of hydrogen-bond donors (Lipinski definition) is 0. The van der Waals surface area contributed by atoms with Crippen LogP contribution in [0.4, 0.5) is 0 Å². The van der Waals surface area contributed by atoms with Gasteiger partial charge in [0.25, 0.3) is 0 Å². The fourth-order valence-electron chi connectivity index (χ4n) is 0.727. The predicted molar refractivity (Wildman–Crippen MR) is 41.4 cm³/mol. The van der Waals surface area contributed by atoms with Crippen LogP contribution in [0.1, 0.15) is 10.4 Å². The molecule has 64 valence electrons. The van der Waals surface area contributed by atoms with Gasteiger partial charge in [0.15, 0.2) is 6.29 Å². The Hall–Kier alpha value is -1.20. The summed E-state index contributed by atoms with van der Waals surface area (Å²) in [5.41, 5.74) is 0.210. The molecule has 0 spiro atoms. The van der Waals surface area contributed by atoms with Gasteiger partial charge < -0.3 is 8.74 Å². The molecule has 0 aliphatic rings. The molecule has 1 rings (SSSR count). The van der Waals surface area contributed by atoms with Crippen LogP contribution in [0.3, 0.4) is 0 Å². The average Bonchev–Trinajstić information content (AvgIpc) is 2.04. The SMILES string of the molecule is O=Cc1ccccc1OS(=O)[O-]. The van der Waals surface area contributed by atoms with Gasteiger partial charge in [0, 0.05) is 0 Å². The minimum absolute atomic E-state index is 0.0424. The van der Waals surface area contributed by atoms with Crippen molar-refractivity contribution in [1.29, 1.82) is 0 Å². The molecule has 0 aliphatic heterocycles. The number of carbonyl (C=O) groups excluding carboxylic acids is 1.